The highest BCUT2D eigenvalue weighted by Crippen LogP contribution is 2.34. The van der Waals surface area contributed by atoms with Gasteiger partial charge in [0.2, 0.25) is 0 Å². The molecule has 1 atom stereocenters. The third-order valence-corrected chi connectivity index (χ3v) is 6.47. The van der Waals surface area contributed by atoms with Gasteiger partial charge in [0.25, 0.3) is 5.91 Å². The number of nitrogens with two attached hydrogens (primary N) is 1. The van der Waals surface area contributed by atoms with E-state index in [4.69, 9.17) is 5.73 Å². The first-order valence-corrected chi connectivity index (χ1v) is 11.4. The van der Waals surface area contributed by atoms with Crippen LogP contribution in [0.25, 0.3) is 22.2 Å². The lowest BCUT2D eigenvalue weighted by Gasteiger charge is -2.30. The van der Waals surface area contributed by atoms with Crippen molar-refractivity contribution in [3.63, 3.8) is 0 Å². The van der Waals surface area contributed by atoms with E-state index in [0.29, 0.717) is 35.0 Å². The molecule has 0 unspecified atom stereocenters. The summed E-state index contributed by atoms with van der Waals surface area (Å²) in [5.74, 6) is 0.822. The predicted octanol–water partition coefficient (Wildman–Crippen LogP) is 3.30. The number of amides is 1. The van der Waals surface area contributed by atoms with Crippen molar-refractivity contribution in [2.45, 2.75) is 32.3 Å². The zero-order valence-electron chi connectivity index (χ0n) is 20.0. The molecule has 4 aromatic rings. The number of hydrogen-bond acceptors (Lipinski definition) is 8. The number of aliphatic hydroxyl groups excluding tert-OH is 1. The number of benzene rings is 1. The van der Waals surface area contributed by atoms with Crippen LogP contribution in [0.15, 0.2) is 55.1 Å². The van der Waals surface area contributed by atoms with Gasteiger partial charge in [-0.05, 0) is 24.1 Å². The molecule has 0 spiro atoms. The Morgan fingerprint density at radius 1 is 1.14 bits per heavy atom. The van der Waals surface area contributed by atoms with Gasteiger partial charge in [0.1, 0.15) is 18.0 Å². The molecule has 0 aliphatic carbocycles. The van der Waals surface area contributed by atoms with Crippen molar-refractivity contribution in [1.29, 1.82) is 0 Å². The quantitative estimate of drug-likeness (QED) is 0.307. The molecule has 0 saturated heterocycles. The molecular formula is C26H29N7O2. The molecule has 0 radical (unpaired) electrons. The summed E-state index contributed by atoms with van der Waals surface area (Å²) < 4.78 is 0. The lowest BCUT2D eigenvalue weighted by Crippen LogP contribution is -2.31. The molecule has 0 fully saturated rings. The highest BCUT2D eigenvalue weighted by molar-refractivity contribution is 6.06. The molecule has 5 N–H and O–H groups in total. The lowest BCUT2D eigenvalue weighted by molar-refractivity contribution is 0.0964. The van der Waals surface area contributed by atoms with Crippen molar-refractivity contribution in [1.82, 2.24) is 25.3 Å². The van der Waals surface area contributed by atoms with Crippen LogP contribution in [-0.2, 0) is 12.0 Å². The monoisotopic (exact) mass is 471 g/mol. The standard InChI is InChI=1S/C26H29N7O2/c1-4-26(2,20-7-5-6-18-19(25(35)28-3)8-9-29-23(18)20)14-31-22-11-21(32-15-33-22)16-10-17(13-34)24(27)30-12-16/h5-12,15,34H,4,13-14H2,1-3H3,(H2,27,30)(H,28,35)(H,31,32,33)/t26-/m1/s1. The van der Waals surface area contributed by atoms with E-state index < -0.39 is 0 Å². The largest absolute Gasteiger partial charge is 0.392 e. The van der Waals surface area contributed by atoms with Crippen LogP contribution < -0.4 is 16.4 Å². The summed E-state index contributed by atoms with van der Waals surface area (Å²) >= 11 is 0. The van der Waals surface area contributed by atoms with E-state index >= 15 is 0 Å². The Morgan fingerprint density at radius 3 is 2.71 bits per heavy atom. The highest BCUT2D eigenvalue weighted by Gasteiger charge is 2.28. The van der Waals surface area contributed by atoms with Crippen molar-refractivity contribution in [3.8, 4) is 11.3 Å². The molecule has 9 heteroatoms. The van der Waals surface area contributed by atoms with Gasteiger partial charge in [-0.25, -0.2) is 15.0 Å². The fourth-order valence-corrected chi connectivity index (χ4v) is 4.09. The molecular weight excluding hydrogens is 442 g/mol. The van der Waals surface area contributed by atoms with Gasteiger partial charge in [-0.3, -0.25) is 9.78 Å². The van der Waals surface area contributed by atoms with Crippen molar-refractivity contribution in [2.75, 3.05) is 24.6 Å². The third-order valence-electron chi connectivity index (χ3n) is 6.47. The van der Waals surface area contributed by atoms with Gasteiger partial charge in [-0.15, -0.1) is 0 Å². The van der Waals surface area contributed by atoms with Crippen LogP contribution >= 0.6 is 0 Å². The minimum absolute atomic E-state index is 0.138. The van der Waals surface area contributed by atoms with Crippen molar-refractivity contribution in [2.24, 2.45) is 0 Å². The molecule has 1 aromatic carbocycles. The number of pyridine rings is 2. The number of aromatic nitrogens is 4. The summed E-state index contributed by atoms with van der Waals surface area (Å²) in [6.45, 7) is 4.69. The number of carbonyl (C=O) groups is 1. The SMILES string of the molecule is CC[C@](C)(CNc1cc(-c2cnc(N)c(CO)c2)ncn1)c1cccc2c(C(=O)NC)ccnc12. The molecule has 0 saturated carbocycles. The maximum absolute atomic E-state index is 12.4. The lowest BCUT2D eigenvalue weighted by atomic mass is 9.78. The summed E-state index contributed by atoms with van der Waals surface area (Å²) in [6.07, 6.45) is 5.64. The van der Waals surface area contributed by atoms with Gasteiger partial charge in [0.05, 0.1) is 23.4 Å². The van der Waals surface area contributed by atoms with Gasteiger partial charge in [0, 0.05) is 54.0 Å². The summed E-state index contributed by atoms with van der Waals surface area (Å²) in [7, 11) is 1.62. The number of aliphatic hydroxyl groups is 1. The van der Waals surface area contributed by atoms with E-state index in [1.807, 2.05) is 18.2 Å². The van der Waals surface area contributed by atoms with Crippen molar-refractivity contribution in [3.05, 3.63) is 71.8 Å². The molecule has 0 aliphatic rings. The Labute approximate surface area is 203 Å². The van der Waals surface area contributed by atoms with Crippen molar-refractivity contribution < 1.29 is 9.90 Å². The maximum Gasteiger partial charge on any atom is 0.251 e. The number of anilines is 2. The average molecular weight is 472 g/mol. The van der Waals surface area contributed by atoms with Crippen LogP contribution in [0, 0.1) is 0 Å². The molecule has 180 valence electrons. The predicted molar refractivity (Wildman–Crippen MR) is 137 cm³/mol. The van der Waals surface area contributed by atoms with E-state index in [-0.39, 0.29) is 17.9 Å². The second kappa shape index (κ2) is 10.0. The van der Waals surface area contributed by atoms with E-state index in [2.05, 4.69) is 50.5 Å². The van der Waals surface area contributed by atoms with Gasteiger partial charge in [-0.2, -0.15) is 0 Å². The number of nitrogens with zero attached hydrogens (tertiary/aromatic N) is 4. The minimum atomic E-state index is -0.286. The van der Waals surface area contributed by atoms with Gasteiger partial charge >= 0.3 is 0 Å². The summed E-state index contributed by atoms with van der Waals surface area (Å²) in [5.41, 5.74) is 9.95. The van der Waals surface area contributed by atoms with Gasteiger partial charge < -0.3 is 21.5 Å². The van der Waals surface area contributed by atoms with Crippen LogP contribution in [0.3, 0.4) is 0 Å². The van der Waals surface area contributed by atoms with Crippen LogP contribution in [-0.4, -0.2) is 44.5 Å². The highest BCUT2D eigenvalue weighted by atomic mass is 16.3. The Bertz CT molecular complexity index is 1380. The number of rotatable bonds is 8. The number of nitrogens with one attached hydrogen (secondary N) is 2. The normalized spacial score (nSPS) is 12.8. The molecule has 3 heterocycles. The first-order chi connectivity index (χ1) is 16.9. The fraction of sp³-hybridized carbons (Fsp3) is 0.269. The van der Waals surface area contributed by atoms with Crippen LogP contribution in [0.2, 0.25) is 0 Å². The third kappa shape index (κ3) is 4.76. The van der Waals surface area contributed by atoms with E-state index in [1.165, 1.54) is 6.33 Å². The zero-order chi connectivity index (χ0) is 25.0. The first-order valence-electron chi connectivity index (χ1n) is 11.4. The van der Waals surface area contributed by atoms with Gasteiger partial charge in [-0.1, -0.05) is 32.0 Å². The summed E-state index contributed by atoms with van der Waals surface area (Å²) in [4.78, 5) is 29.9. The first kappa shape index (κ1) is 24.0. The van der Waals surface area contributed by atoms with E-state index in [0.717, 1.165) is 28.5 Å². The molecule has 1 amide bonds. The Kier molecular flexibility index (Phi) is 6.88. The second-order valence-corrected chi connectivity index (χ2v) is 8.62. The molecule has 9 nitrogen and oxygen atoms in total. The Morgan fingerprint density at radius 2 is 1.97 bits per heavy atom. The van der Waals surface area contributed by atoms with E-state index in [9.17, 15) is 9.90 Å². The molecule has 3 aromatic heterocycles. The van der Waals surface area contributed by atoms with E-state index in [1.54, 1.807) is 31.6 Å². The topological polar surface area (TPSA) is 139 Å². The number of para-hydroxylation sites is 1. The number of fused-ring (bicyclic) bond motifs is 1. The van der Waals surface area contributed by atoms with Crippen LogP contribution in [0.4, 0.5) is 11.6 Å². The maximum atomic E-state index is 12.4. The number of carbonyl (C=O) groups excluding carboxylic acids is 1. The zero-order valence-corrected chi connectivity index (χ0v) is 20.0. The van der Waals surface area contributed by atoms with Crippen LogP contribution in [0.5, 0.6) is 0 Å². The van der Waals surface area contributed by atoms with Crippen LogP contribution in [0.1, 0.15) is 41.8 Å². The minimum Gasteiger partial charge on any atom is -0.392 e. The fourth-order valence-electron chi connectivity index (χ4n) is 4.09. The Balaban J connectivity index is 1.64. The number of nitrogen functional groups attached to an aromatic ring is 1. The molecule has 0 bridgehead atoms. The summed E-state index contributed by atoms with van der Waals surface area (Å²) in [6, 6.07) is 11.3. The Hall–Kier alpha value is -4.11. The average Bonchev–Trinajstić information content (AvgIpc) is 2.91. The molecule has 0 aliphatic heterocycles. The second-order valence-electron chi connectivity index (χ2n) is 8.62. The van der Waals surface area contributed by atoms with Crippen molar-refractivity contribution >= 4 is 28.4 Å². The molecule has 35 heavy (non-hydrogen) atoms. The smallest absolute Gasteiger partial charge is 0.251 e. The van der Waals surface area contributed by atoms with Gasteiger partial charge in [0.15, 0.2) is 0 Å². The molecule has 4 rings (SSSR count). The summed E-state index contributed by atoms with van der Waals surface area (Å²) in [5, 5.41) is 16.5. The number of hydrogen-bond donors (Lipinski definition) is 4.